The Kier molecular flexibility index (Phi) is 69.1. The van der Waals surface area contributed by atoms with Crippen molar-refractivity contribution in [1.82, 2.24) is 0 Å². The molecule has 0 aromatic heterocycles. The monoisotopic (exact) mass is 1440 g/mol. The van der Waals surface area contributed by atoms with Crippen LogP contribution in [-0.2, 0) is 65.4 Å². The number of carbonyl (C=O) groups excluding carboxylic acids is 4. The smallest absolute Gasteiger partial charge is 0.462 e. The van der Waals surface area contributed by atoms with Gasteiger partial charge in [-0.25, -0.2) is 9.13 Å². The molecule has 572 valence electrons. The Morgan fingerprint density at radius 1 is 0.290 bits per heavy atom. The maximum atomic E-state index is 13.1. The normalized spacial score (nSPS) is 14.7. The van der Waals surface area contributed by atoms with Gasteiger partial charge in [-0.15, -0.1) is 0 Å². The molecule has 0 spiro atoms. The second kappa shape index (κ2) is 72.5. The van der Waals surface area contributed by atoms with E-state index in [0.717, 1.165) is 199 Å². The van der Waals surface area contributed by atoms with Crippen molar-refractivity contribution in [3.05, 3.63) is 134 Å². The Morgan fingerprint density at radius 2 is 0.540 bits per heavy atom. The minimum absolute atomic E-state index is 0.0658. The highest BCUT2D eigenvalue weighted by Crippen LogP contribution is 2.45. The van der Waals surface area contributed by atoms with E-state index >= 15 is 0 Å². The summed E-state index contributed by atoms with van der Waals surface area (Å²) < 4.78 is 68.5. The molecule has 100 heavy (non-hydrogen) atoms. The van der Waals surface area contributed by atoms with E-state index in [1.54, 1.807) is 0 Å². The zero-order valence-electron chi connectivity index (χ0n) is 62.3. The van der Waals surface area contributed by atoms with Crippen LogP contribution < -0.4 is 0 Å². The quantitative estimate of drug-likeness (QED) is 0.0169. The van der Waals surface area contributed by atoms with Gasteiger partial charge in [-0.3, -0.25) is 37.3 Å². The Balaban J connectivity index is 5.41. The van der Waals surface area contributed by atoms with Gasteiger partial charge < -0.3 is 33.8 Å². The molecular weight excluding hydrogens is 1310 g/mol. The number of phosphoric ester groups is 2. The van der Waals surface area contributed by atoms with Gasteiger partial charge in [-0.05, 0) is 154 Å². The summed E-state index contributed by atoms with van der Waals surface area (Å²) in [6.07, 6.45) is 80.1. The predicted octanol–water partition coefficient (Wildman–Crippen LogP) is 22.1. The molecule has 19 heteroatoms. The van der Waals surface area contributed by atoms with Crippen LogP contribution in [0.3, 0.4) is 0 Å². The minimum Gasteiger partial charge on any atom is -0.462 e. The summed E-state index contributed by atoms with van der Waals surface area (Å²) in [5, 5.41) is 10.6. The number of hydrogen-bond acceptors (Lipinski definition) is 15. The summed E-state index contributed by atoms with van der Waals surface area (Å²) in [5.74, 6) is -2.25. The molecule has 0 radical (unpaired) electrons. The highest BCUT2D eigenvalue weighted by molar-refractivity contribution is 7.47. The lowest BCUT2D eigenvalue weighted by Crippen LogP contribution is -2.30. The number of aliphatic hydroxyl groups excluding tert-OH is 1. The average Bonchev–Trinajstić information content (AvgIpc) is 1.06. The van der Waals surface area contributed by atoms with Gasteiger partial charge in [0.2, 0.25) is 0 Å². The van der Waals surface area contributed by atoms with Gasteiger partial charge in [0.05, 0.1) is 26.4 Å². The van der Waals surface area contributed by atoms with Gasteiger partial charge in [-0.2, -0.15) is 0 Å². The molecular formula is C81H136O17P2. The Bertz CT molecular complexity index is 2420. The van der Waals surface area contributed by atoms with E-state index < -0.39 is 97.5 Å². The molecule has 0 heterocycles. The predicted molar refractivity (Wildman–Crippen MR) is 408 cm³/mol. The average molecular weight is 1440 g/mol. The summed E-state index contributed by atoms with van der Waals surface area (Å²) >= 11 is 0. The first-order valence-corrected chi connectivity index (χ1v) is 41.4. The van der Waals surface area contributed by atoms with Crippen LogP contribution >= 0.6 is 15.6 Å². The van der Waals surface area contributed by atoms with E-state index in [1.807, 2.05) is 0 Å². The fraction of sp³-hybridized carbons (Fsp3) is 0.679. The number of carbonyl (C=O) groups is 4. The number of rotatable bonds is 71. The Morgan fingerprint density at radius 3 is 0.840 bits per heavy atom. The zero-order chi connectivity index (χ0) is 73.2. The van der Waals surface area contributed by atoms with Crippen LogP contribution in [0.25, 0.3) is 0 Å². The van der Waals surface area contributed by atoms with Gasteiger partial charge in [0.15, 0.2) is 12.2 Å². The van der Waals surface area contributed by atoms with Crippen molar-refractivity contribution < 1.29 is 80.2 Å². The number of hydrogen-bond donors (Lipinski definition) is 3. The lowest BCUT2D eigenvalue weighted by molar-refractivity contribution is -0.161. The third-order valence-corrected chi connectivity index (χ3v) is 17.5. The van der Waals surface area contributed by atoms with E-state index in [4.69, 9.17) is 37.0 Å². The fourth-order valence-corrected chi connectivity index (χ4v) is 11.3. The largest absolute Gasteiger partial charge is 0.472 e. The molecule has 0 fully saturated rings. The number of aliphatic hydroxyl groups is 1. The second-order valence-corrected chi connectivity index (χ2v) is 28.1. The van der Waals surface area contributed by atoms with Gasteiger partial charge in [0, 0.05) is 25.7 Å². The van der Waals surface area contributed by atoms with Crippen LogP contribution in [0.2, 0.25) is 0 Å². The highest BCUT2D eigenvalue weighted by Gasteiger charge is 2.30. The summed E-state index contributed by atoms with van der Waals surface area (Å²) in [5.41, 5.74) is 0. The Hall–Kier alpha value is -4.80. The summed E-state index contributed by atoms with van der Waals surface area (Å²) in [4.78, 5) is 72.9. The van der Waals surface area contributed by atoms with Crippen molar-refractivity contribution in [2.45, 2.75) is 316 Å². The van der Waals surface area contributed by atoms with Crippen molar-refractivity contribution in [2.75, 3.05) is 39.6 Å². The standard InChI is InChI=1S/C81H136O17P2/c1-5-9-13-17-21-25-29-33-36-37-40-43-46-50-54-58-62-66-79(84)92-72-77(98-81(86)68-64-60-56-52-48-44-39-35-31-27-23-19-15-11-7-3)74-96-100(89,90)94-70-75(82)69-93-99(87,88)95-73-76(97-80(85)67-63-59-55-51-47-41-32-28-24-20-16-12-8-4)71-91-78(83)65-61-57-53-49-45-42-38-34-30-26-22-18-14-10-6-2/h9,11,13,15-16,20-23,25-28,32-36,38-40,43,75-77,82H,5-8,10,12,14,17-19,24,29-31,37,41-42,44-74H2,1-4H3,(H,87,88)(H,89,90)/b13-9-,15-11-,20-16-,25-21-,26-22-,27-23-,32-28-,36-33-,38-34-,39-35-,43-40-. The van der Waals surface area contributed by atoms with Crippen LogP contribution in [0.1, 0.15) is 297 Å². The third-order valence-electron chi connectivity index (χ3n) is 15.6. The number of ether oxygens (including phenoxy) is 4. The topological polar surface area (TPSA) is 237 Å². The molecule has 0 amide bonds. The van der Waals surface area contributed by atoms with E-state index in [2.05, 4.69) is 161 Å². The summed E-state index contributed by atoms with van der Waals surface area (Å²) in [6, 6.07) is 0. The first-order chi connectivity index (χ1) is 48.7. The van der Waals surface area contributed by atoms with Crippen LogP contribution in [0, 0.1) is 0 Å². The number of esters is 4. The SMILES string of the molecule is CC/C=C\C/C=C\C/C=C\C/C=C\CCCCCCC(=O)OCC(COP(=O)(O)OCC(O)COP(=O)(O)OCC(COC(=O)CCCCCCC/C=C\C/C=C\CCCCC)OC(=O)CCCCCCC/C=C\C/C=C\CCC)OC(=O)CCCCCCC/C=C\C/C=C\C/C=C\CC. The molecule has 0 aromatic rings. The molecule has 0 saturated carbocycles. The fourth-order valence-electron chi connectivity index (χ4n) is 9.76. The van der Waals surface area contributed by atoms with Crippen molar-refractivity contribution in [3.63, 3.8) is 0 Å². The van der Waals surface area contributed by atoms with E-state index in [9.17, 15) is 43.2 Å². The molecule has 0 aliphatic carbocycles. The number of unbranched alkanes of at least 4 members (excludes halogenated alkanes) is 23. The maximum absolute atomic E-state index is 13.1. The zero-order valence-corrected chi connectivity index (χ0v) is 64.1. The summed E-state index contributed by atoms with van der Waals surface area (Å²) in [6.45, 7) is 4.47. The van der Waals surface area contributed by atoms with Crippen molar-refractivity contribution in [1.29, 1.82) is 0 Å². The van der Waals surface area contributed by atoms with E-state index in [0.29, 0.717) is 25.7 Å². The van der Waals surface area contributed by atoms with E-state index in [-0.39, 0.29) is 25.7 Å². The van der Waals surface area contributed by atoms with Crippen LogP contribution in [0.15, 0.2) is 134 Å². The van der Waals surface area contributed by atoms with Gasteiger partial charge in [0.25, 0.3) is 0 Å². The molecule has 5 unspecified atom stereocenters. The number of allylic oxidation sites excluding steroid dienone is 22. The van der Waals surface area contributed by atoms with Crippen molar-refractivity contribution >= 4 is 39.5 Å². The first-order valence-electron chi connectivity index (χ1n) is 38.4. The molecule has 0 aliphatic heterocycles. The molecule has 0 saturated heterocycles. The van der Waals surface area contributed by atoms with Crippen molar-refractivity contribution in [3.8, 4) is 0 Å². The lowest BCUT2D eigenvalue weighted by atomic mass is 10.1. The van der Waals surface area contributed by atoms with Crippen LogP contribution in [0.5, 0.6) is 0 Å². The lowest BCUT2D eigenvalue weighted by Gasteiger charge is -2.21. The van der Waals surface area contributed by atoms with E-state index in [1.165, 1.54) is 19.3 Å². The van der Waals surface area contributed by atoms with Crippen LogP contribution in [-0.4, -0.2) is 96.7 Å². The van der Waals surface area contributed by atoms with Crippen LogP contribution in [0.4, 0.5) is 0 Å². The van der Waals surface area contributed by atoms with Gasteiger partial charge >= 0.3 is 39.5 Å². The first kappa shape index (κ1) is 95.2. The molecule has 0 aromatic carbocycles. The second-order valence-electron chi connectivity index (χ2n) is 25.2. The molecule has 0 aliphatic rings. The molecule has 17 nitrogen and oxygen atoms in total. The highest BCUT2D eigenvalue weighted by atomic mass is 31.2. The summed E-state index contributed by atoms with van der Waals surface area (Å²) in [7, 11) is -9.98. The molecule has 3 N–H and O–H groups in total. The molecule has 5 atom stereocenters. The van der Waals surface area contributed by atoms with Gasteiger partial charge in [-0.1, -0.05) is 251 Å². The Labute approximate surface area is 605 Å². The minimum atomic E-state index is -4.99. The molecule has 0 bridgehead atoms. The van der Waals surface area contributed by atoms with Crippen molar-refractivity contribution in [2.24, 2.45) is 0 Å². The number of phosphoric acid groups is 2. The molecule has 0 rings (SSSR count). The third kappa shape index (κ3) is 71.6. The van der Waals surface area contributed by atoms with Gasteiger partial charge in [0.1, 0.15) is 19.3 Å². The maximum Gasteiger partial charge on any atom is 0.472 e.